The number of hydrogen-bond donors (Lipinski definition) is 1. The maximum absolute atomic E-state index is 12.9. The van der Waals surface area contributed by atoms with Gasteiger partial charge in [0.2, 0.25) is 5.91 Å². The molecule has 1 aliphatic heterocycles. The van der Waals surface area contributed by atoms with Crippen LogP contribution in [0.2, 0.25) is 0 Å². The molecule has 172 valence electrons. The topological polar surface area (TPSA) is 80.1 Å². The van der Waals surface area contributed by atoms with Crippen LogP contribution in [0.5, 0.6) is 0 Å². The first-order valence-electron chi connectivity index (χ1n) is 11.3. The zero-order chi connectivity index (χ0) is 23.0. The molecule has 3 aromatic rings. The quantitative estimate of drug-likeness (QED) is 0.406. The van der Waals surface area contributed by atoms with Gasteiger partial charge in [-0.1, -0.05) is 6.07 Å². The summed E-state index contributed by atoms with van der Waals surface area (Å²) in [5.74, 6) is 0.123. The Morgan fingerprint density at radius 2 is 2.09 bits per heavy atom. The van der Waals surface area contributed by atoms with Crippen molar-refractivity contribution in [1.82, 2.24) is 24.8 Å². The Kier molecular flexibility index (Phi) is 7.67. The lowest BCUT2D eigenvalue weighted by Gasteiger charge is -2.32. The van der Waals surface area contributed by atoms with Gasteiger partial charge < -0.3 is 14.8 Å². The van der Waals surface area contributed by atoms with Crippen LogP contribution < -0.4 is 5.32 Å². The molecule has 8 heteroatoms. The molecule has 0 radical (unpaired) electrons. The number of nitrogens with zero attached hydrogens (tertiary/aromatic N) is 4. The van der Waals surface area contributed by atoms with E-state index in [0.717, 1.165) is 42.1 Å². The van der Waals surface area contributed by atoms with Crippen LogP contribution in [0.1, 0.15) is 51.8 Å². The second-order valence-corrected chi connectivity index (χ2v) is 9.22. The summed E-state index contributed by atoms with van der Waals surface area (Å²) in [5, 5.41) is 5.03. The average molecular weight is 464 g/mol. The van der Waals surface area contributed by atoms with Gasteiger partial charge in [0.1, 0.15) is 0 Å². The molecule has 1 N–H and O–H groups in total. The molecule has 0 unspecified atom stereocenters. The summed E-state index contributed by atoms with van der Waals surface area (Å²) < 4.78 is 2.00. The molecule has 1 aliphatic rings. The number of pyridine rings is 1. The fraction of sp³-hybridized carbons (Fsp3) is 0.360. The van der Waals surface area contributed by atoms with Gasteiger partial charge in [-0.05, 0) is 55.8 Å². The molecule has 3 aromatic heterocycles. The second kappa shape index (κ2) is 11.0. The van der Waals surface area contributed by atoms with Gasteiger partial charge in [-0.2, -0.15) is 0 Å². The summed E-state index contributed by atoms with van der Waals surface area (Å²) in [6.45, 7) is 4.69. The zero-order valence-electron chi connectivity index (χ0n) is 18.8. The lowest BCUT2D eigenvalue weighted by atomic mass is 9.89. The average Bonchev–Trinajstić information content (AvgIpc) is 3.54. The molecule has 0 aliphatic carbocycles. The fourth-order valence-corrected chi connectivity index (χ4v) is 4.69. The van der Waals surface area contributed by atoms with Crippen LogP contribution in [0, 0.1) is 6.92 Å². The van der Waals surface area contributed by atoms with Gasteiger partial charge >= 0.3 is 0 Å². The number of aryl methyl sites for hydroxylation is 2. The van der Waals surface area contributed by atoms with Crippen molar-refractivity contribution in [2.45, 2.75) is 38.6 Å². The van der Waals surface area contributed by atoms with E-state index in [-0.39, 0.29) is 17.7 Å². The number of hydrogen-bond acceptors (Lipinski definition) is 5. The molecule has 0 bridgehead atoms. The van der Waals surface area contributed by atoms with Crippen molar-refractivity contribution in [2.24, 2.45) is 0 Å². The summed E-state index contributed by atoms with van der Waals surface area (Å²) in [4.78, 5) is 37.2. The first-order valence-corrected chi connectivity index (χ1v) is 12.2. The number of nitrogens with one attached hydrogen (secondary N) is 1. The predicted octanol–water partition coefficient (Wildman–Crippen LogP) is 3.89. The molecule has 4 rings (SSSR count). The van der Waals surface area contributed by atoms with E-state index in [2.05, 4.69) is 10.3 Å². The molecule has 0 spiro atoms. The van der Waals surface area contributed by atoms with Crippen LogP contribution in [0.3, 0.4) is 0 Å². The van der Waals surface area contributed by atoms with Gasteiger partial charge in [-0.25, -0.2) is 4.98 Å². The molecule has 1 saturated heterocycles. The van der Waals surface area contributed by atoms with E-state index in [1.54, 1.807) is 29.9 Å². The van der Waals surface area contributed by atoms with E-state index in [1.807, 2.05) is 58.3 Å². The Bertz CT molecular complexity index is 1080. The second-order valence-electron chi connectivity index (χ2n) is 8.24. The van der Waals surface area contributed by atoms with Crippen molar-refractivity contribution in [2.75, 3.05) is 19.6 Å². The summed E-state index contributed by atoms with van der Waals surface area (Å²) in [5.41, 5.74) is 2.40. The number of thiophene rings is 1. The maximum Gasteiger partial charge on any atom is 0.253 e. The van der Waals surface area contributed by atoms with Gasteiger partial charge in [-0.3, -0.25) is 14.6 Å². The molecule has 2 amide bonds. The van der Waals surface area contributed by atoms with E-state index < -0.39 is 0 Å². The third kappa shape index (κ3) is 6.16. The number of carbonyl (C=O) groups excluding carboxylic acids is 2. The number of rotatable bonds is 8. The van der Waals surface area contributed by atoms with Crippen LogP contribution in [-0.2, 0) is 11.3 Å². The summed E-state index contributed by atoms with van der Waals surface area (Å²) >= 11 is 1.61. The number of imidazole rings is 1. The first-order chi connectivity index (χ1) is 16.1. The number of amides is 2. The predicted molar refractivity (Wildman–Crippen MR) is 130 cm³/mol. The number of carbonyl (C=O) groups is 2. The van der Waals surface area contributed by atoms with E-state index >= 15 is 0 Å². The molecule has 4 heterocycles. The lowest BCUT2D eigenvalue weighted by Crippen LogP contribution is -2.37. The van der Waals surface area contributed by atoms with Crippen molar-refractivity contribution in [3.05, 3.63) is 76.3 Å². The van der Waals surface area contributed by atoms with Crippen molar-refractivity contribution >= 4 is 29.2 Å². The minimum absolute atomic E-state index is 0.0370. The summed E-state index contributed by atoms with van der Waals surface area (Å²) in [6.07, 6.45) is 11.4. The summed E-state index contributed by atoms with van der Waals surface area (Å²) in [6, 6.07) is 7.74. The molecular weight excluding hydrogens is 434 g/mol. The number of likely N-dealkylation sites (tertiary alicyclic amines) is 1. The fourth-order valence-electron chi connectivity index (χ4n) is 4.08. The minimum Gasteiger partial charge on any atom is -0.352 e. The number of aromatic nitrogens is 3. The van der Waals surface area contributed by atoms with E-state index in [1.165, 1.54) is 0 Å². The Labute approximate surface area is 198 Å². The third-order valence-electron chi connectivity index (χ3n) is 5.87. The molecule has 0 saturated carbocycles. The Balaban J connectivity index is 1.33. The van der Waals surface area contributed by atoms with Crippen molar-refractivity contribution in [3.8, 4) is 0 Å². The molecule has 0 aromatic carbocycles. The SMILES string of the molecule is Cc1ccc(C(=O)NCCCn2ccnc2)c(C2CCN(C(=O)/C=C/c3cccs3)CC2)n1. The Morgan fingerprint density at radius 1 is 1.24 bits per heavy atom. The van der Waals surface area contributed by atoms with Crippen LogP contribution >= 0.6 is 11.3 Å². The van der Waals surface area contributed by atoms with Crippen molar-refractivity contribution in [3.63, 3.8) is 0 Å². The third-order valence-corrected chi connectivity index (χ3v) is 6.71. The van der Waals surface area contributed by atoms with E-state index in [9.17, 15) is 9.59 Å². The van der Waals surface area contributed by atoms with Gasteiger partial charge in [-0.15, -0.1) is 11.3 Å². The zero-order valence-corrected chi connectivity index (χ0v) is 19.6. The van der Waals surface area contributed by atoms with Gasteiger partial charge in [0, 0.05) is 61.1 Å². The highest BCUT2D eigenvalue weighted by Gasteiger charge is 2.27. The van der Waals surface area contributed by atoms with Crippen LogP contribution in [0.15, 0.2) is 54.4 Å². The monoisotopic (exact) mass is 463 g/mol. The van der Waals surface area contributed by atoms with Crippen LogP contribution in [0.4, 0.5) is 0 Å². The van der Waals surface area contributed by atoms with Gasteiger partial charge in [0.25, 0.3) is 5.91 Å². The summed E-state index contributed by atoms with van der Waals surface area (Å²) in [7, 11) is 0. The van der Waals surface area contributed by atoms with E-state index in [4.69, 9.17) is 4.98 Å². The van der Waals surface area contributed by atoms with Crippen molar-refractivity contribution in [1.29, 1.82) is 0 Å². The highest BCUT2D eigenvalue weighted by Crippen LogP contribution is 2.29. The molecule has 33 heavy (non-hydrogen) atoms. The molecule has 7 nitrogen and oxygen atoms in total. The maximum atomic E-state index is 12.9. The Hall–Kier alpha value is -3.26. The lowest BCUT2D eigenvalue weighted by molar-refractivity contribution is -0.127. The first kappa shape index (κ1) is 22.9. The highest BCUT2D eigenvalue weighted by molar-refractivity contribution is 7.10. The van der Waals surface area contributed by atoms with E-state index in [0.29, 0.717) is 25.2 Å². The highest BCUT2D eigenvalue weighted by atomic mass is 32.1. The standard InChI is InChI=1S/C25H29N5O2S/c1-19-5-7-22(25(32)27-11-3-13-29-16-12-26-18-29)24(28-19)20-9-14-30(15-10-20)23(31)8-6-21-4-2-17-33-21/h2,4-8,12,16-18,20H,3,9-11,13-15H2,1H3,(H,27,32)/b8-6+. The van der Waals surface area contributed by atoms with Gasteiger partial charge in [0.15, 0.2) is 0 Å². The molecular formula is C25H29N5O2S. The normalized spacial score (nSPS) is 14.6. The molecule has 1 fully saturated rings. The minimum atomic E-state index is -0.0829. The van der Waals surface area contributed by atoms with Crippen LogP contribution in [-0.4, -0.2) is 50.9 Å². The number of piperidine rings is 1. The largest absolute Gasteiger partial charge is 0.352 e. The smallest absolute Gasteiger partial charge is 0.253 e. The van der Waals surface area contributed by atoms with Crippen molar-refractivity contribution < 1.29 is 9.59 Å². The van der Waals surface area contributed by atoms with Gasteiger partial charge in [0.05, 0.1) is 17.6 Å². The molecule has 0 atom stereocenters. The van der Waals surface area contributed by atoms with Crippen LogP contribution in [0.25, 0.3) is 6.08 Å². The Morgan fingerprint density at radius 3 is 2.82 bits per heavy atom.